The monoisotopic (exact) mass is 266 g/mol. The van der Waals surface area contributed by atoms with Crippen LogP contribution in [0.4, 0.5) is 0 Å². The van der Waals surface area contributed by atoms with E-state index in [1.807, 2.05) is 6.92 Å². The number of nitrogens with zero attached hydrogens (tertiary/aromatic N) is 2. The summed E-state index contributed by atoms with van der Waals surface area (Å²) in [4.78, 5) is 24.8. The van der Waals surface area contributed by atoms with E-state index in [4.69, 9.17) is 5.11 Å². The van der Waals surface area contributed by atoms with Gasteiger partial charge in [0, 0.05) is 25.2 Å². The molecule has 1 aromatic rings. The molecular weight excluding hydrogens is 248 g/mol. The normalized spacial score (nSPS) is 19.5. The van der Waals surface area contributed by atoms with Gasteiger partial charge >= 0.3 is 5.97 Å². The number of rotatable bonds is 5. The molecule has 7 heteroatoms. The first-order chi connectivity index (χ1) is 9.11. The average molecular weight is 266 g/mol. The van der Waals surface area contributed by atoms with Crippen molar-refractivity contribution in [3.05, 3.63) is 17.5 Å². The molecule has 3 N–H and O–H groups in total. The Hall–Kier alpha value is -1.89. The molecule has 1 fully saturated rings. The number of nitrogens with one attached hydrogen (secondary N) is 2. The third-order valence-corrected chi connectivity index (χ3v) is 3.32. The number of H-pyrrole nitrogens is 1. The summed E-state index contributed by atoms with van der Waals surface area (Å²) in [6, 6.07) is 0. The number of aromatic nitrogens is 2. The van der Waals surface area contributed by atoms with Crippen molar-refractivity contribution in [2.24, 2.45) is 5.92 Å². The Balaban J connectivity index is 1.93. The van der Waals surface area contributed by atoms with Crippen molar-refractivity contribution in [1.29, 1.82) is 0 Å². The lowest BCUT2D eigenvalue weighted by atomic mass is 10.1. The number of likely N-dealkylation sites (tertiary alicyclic amines) is 1. The summed E-state index contributed by atoms with van der Waals surface area (Å²) in [6.07, 6.45) is 2.34. The van der Waals surface area contributed by atoms with E-state index >= 15 is 0 Å². The van der Waals surface area contributed by atoms with E-state index in [2.05, 4.69) is 20.4 Å². The van der Waals surface area contributed by atoms with Gasteiger partial charge in [-0.1, -0.05) is 0 Å². The molecule has 2 rings (SSSR count). The molecule has 104 valence electrons. The van der Waals surface area contributed by atoms with Crippen LogP contribution in [0.1, 0.15) is 29.4 Å². The third-order valence-electron chi connectivity index (χ3n) is 3.32. The van der Waals surface area contributed by atoms with Gasteiger partial charge in [0.25, 0.3) is 0 Å². The number of carbonyl (C=O) groups is 2. The number of hydrogen-bond acceptors (Lipinski definition) is 4. The van der Waals surface area contributed by atoms with Gasteiger partial charge in [-0.05, 0) is 19.9 Å². The summed E-state index contributed by atoms with van der Waals surface area (Å²) < 4.78 is 0. The van der Waals surface area contributed by atoms with E-state index in [1.54, 1.807) is 0 Å². The van der Waals surface area contributed by atoms with E-state index in [9.17, 15) is 9.59 Å². The van der Waals surface area contributed by atoms with Crippen molar-refractivity contribution in [3.8, 4) is 0 Å². The van der Waals surface area contributed by atoms with Crippen LogP contribution in [0.15, 0.2) is 6.20 Å². The van der Waals surface area contributed by atoms with Gasteiger partial charge in [0.1, 0.15) is 5.69 Å². The summed E-state index contributed by atoms with van der Waals surface area (Å²) in [5.41, 5.74) is 0.783. The van der Waals surface area contributed by atoms with Crippen LogP contribution in [-0.4, -0.2) is 51.7 Å². The molecule has 0 aromatic carbocycles. The van der Waals surface area contributed by atoms with Gasteiger partial charge in [-0.3, -0.25) is 14.8 Å². The number of aromatic carboxylic acids is 1. The molecule has 0 aliphatic carbocycles. The first-order valence-electron chi connectivity index (χ1n) is 6.37. The lowest BCUT2D eigenvalue weighted by Crippen LogP contribution is -2.32. The molecule has 2 heterocycles. The van der Waals surface area contributed by atoms with Gasteiger partial charge in [0.2, 0.25) is 5.91 Å². The van der Waals surface area contributed by atoms with Crippen LogP contribution >= 0.6 is 0 Å². The predicted molar refractivity (Wildman–Crippen MR) is 67.6 cm³/mol. The SMILES string of the molecule is CCNC(=O)[C@@H]1CCN(Cc2cn[nH]c2C(=O)O)C1. The van der Waals surface area contributed by atoms with Crippen LogP contribution in [-0.2, 0) is 11.3 Å². The maximum atomic E-state index is 11.7. The molecule has 1 saturated heterocycles. The fourth-order valence-electron chi connectivity index (χ4n) is 2.37. The topological polar surface area (TPSA) is 98.3 Å². The van der Waals surface area contributed by atoms with Crippen LogP contribution in [0.25, 0.3) is 0 Å². The van der Waals surface area contributed by atoms with E-state index < -0.39 is 5.97 Å². The van der Waals surface area contributed by atoms with E-state index in [0.717, 1.165) is 13.0 Å². The van der Waals surface area contributed by atoms with E-state index in [0.29, 0.717) is 25.2 Å². The van der Waals surface area contributed by atoms with Crippen LogP contribution in [0.5, 0.6) is 0 Å². The van der Waals surface area contributed by atoms with Crippen molar-refractivity contribution in [3.63, 3.8) is 0 Å². The maximum Gasteiger partial charge on any atom is 0.354 e. The zero-order chi connectivity index (χ0) is 13.8. The molecule has 1 aromatic heterocycles. The Morgan fingerprint density at radius 2 is 2.42 bits per heavy atom. The van der Waals surface area contributed by atoms with Gasteiger partial charge in [0.05, 0.1) is 12.1 Å². The average Bonchev–Trinajstić information content (AvgIpc) is 2.99. The van der Waals surface area contributed by atoms with Crippen molar-refractivity contribution >= 4 is 11.9 Å². The molecule has 1 aliphatic rings. The van der Waals surface area contributed by atoms with Crippen molar-refractivity contribution in [1.82, 2.24) is 20.4 Å². The minimum Gasteiger partial charge on any atom is -0.477 e. The van der Waals surface area contributed by atoms with Gasteiger partial charge in [-0.25, -0.2) is 4.79 Å². The minimum atomic E-state index is -1.01. The quantitative estimate of drug-likeness (QED) is 0.700. The highest BCUT2D eigenvalue weighted by Crippen LogP contribution is 2.19. The van der Waals surface area contributed by atoms with E-state index in [-0.39, 0.29) is 17.5 Å². The van der Waals surface area contributed by atoms with Crippen molar-refractivity contribution < 1.29 is 14.7 Å². The molecule has 19 heavy (non-hydrogen) atoms. The number of carbonyl (C=O) groups excluding carboxylic acids is 1. The Morgan fingerprint density at radius 1 is 1.63 bits per heavy atom. The standard InChI is InChI=1S/C12H18N4O3/c1-2-13-11(17)8-3-4-16(6-8)7-9-5-14-15-10(9)12(18)19/h5,8H,2-4,6-7H2,1H3,(H,13,17)(H,14,15)(H,18,19)/t8-/m1/s1. The van der Waals surface area contributed by atoms with Crippen LogP contribution < -0.4 is 5.32 Å². The number of carboxylic acid groups (broad SMARTS) is 1. The first kappa shape index (κ1) is 13.5. The molecule has 1 aliphatic heterocycles. The predicted octanol–water partition coefficient (Wildman–Crippen LogP) is 0.0659. The minimum absolute atomic E-state index is 0.000120. The van der Waals surface area contributed by atoms with Crippen LogP contribution in [0.2, 0.25) is 0 Å². The summed E-state index contributed by atoms with van der Waals surface area (Å²) >= 11 is 0. The molecule has 7 nitrogen and oxygen atoms in total. The number of carboxylic acids is 1. The second-order valence-electron chi connectivity index (χ2n) is 4.69. The fraction of sp³-hybridized carbons (Fsp3) is 0.583. The summed E-state index contributed by atoms with van der Waals surface area (Å²) in [7, 11) is 0. The lowest BCUT2D eigenvalue weighted by Gasteiger charge is -2.15. The lowest BCUT2D eigenvalue weighted by molar-refractivity contribution is -0.124. The molecule has 0 bridgehead atoms. The van der Waals surface area contributed by atoms with Gasteiger partial charge < -0.3 is 10.4 Å². The molecular formula is C12H18N4O3. The molecule has 0 unspecified atom stereocenters. The van der Waals surface area contributed by atoms with Gasteiger partial charge in [0.15, 0.2) is 0 Å². The highest BCUT2D eigenvalue weighted by Gasteiger charge is 2.28. The molecule has 1 atom stereocenters. The summed E-state index contributed by atoms with van der Waals surface area (Å²) in [5.74, 6) is -0.928. The number of amides is 1. The fourth-order valence-corrected chi connectivity index (χ4v) is 2.37. The van der Waals surface area contributed by atoms with Crippen LogP contribution in [0.3, 0.4) is 0 Å². The Bertz CT molecular complexity index is 471. The first-order valence-corrected chi connectivity index (χ1v) is 6.37. The molecule has 0 saturated carbocycles. The second-order valence-corrected chi connectivity index (χ2v) is 4.69. The highest BCUT2D eigenvalue weighted by atomic mass is 16.4. The largest absolute Gasteiger partial charge is 0.477 e. The molecule has 0 spiro atoms. The summed E-state index contributed by atoms with van der Waals surface area (Å²) in [5, 5.41) is 18.0. The molecule has 1 amide bonds. The zero-order valence-corrected chi connectivity index (χ0v) is 10.8. The van der Waals surface area contributed by atoms with Gasteiger partial charge in [-0.15, -0.1) is 0 Å². The smallest absolute Gasteiger partial charge is 0.354 e. The Labute approximate surface area is 111 Å². The number of hydrogen-bond donors (Lipinski definition) is 3. The Morgan fingerprint density at radius 3 is 3.11 bits per heavy atom. The zero-order valence-electron chi connectivity index (χ0n) is 10.8. The third kappa shape index (κ3) is 3.11. The van der Waals surface area contributed by atoms with Gasteiger partial charge in [-0.2, -0.15) is 5.10 Å². The van der Waals surface area contributed by atoms with E-state index in [1.165, 1.54) is 6.20 Å². The Kier molecular flexibility index (Phi) is 4.16. The molecule has 0 radical (unpaired) electrons. The maximum absolute atomic E-state index is 11.7. The van der Waals surface area contributed by atoms with Crippen molar-refractivity contribution in [2.75, 3.05) is 19.6 Å². The summed E-state index contributed by atoms with van der Waals surface area (Å²) in [6.45, 7) is 4.51. The highest BCUT2D eigenvalue weighted by molar-refractivity contribution is 5.86. The second kappa shape index (κ2) is 5.83. The van der Waals surface area contributed by atoms with Crippen molar-refractivity contribution in [2.45, 2.75) is 19.9 Å². The number of aromatic amines is 1. The van der Waals surface area contributed by atoms with Crippen LogP contribution in [0, 0.1) is 5.92 Å².